The lowest BCUT2D eigenvalue weighted by molar-refractivity contribution is -0.168. The monoisotopic (exact) mass is 316 g/mol. The number of hydrogen-bond donors (Lipinski definition) is 0. The van der Waals surface area contributed by atoms with Gasteiger partial charge in [0, 0.05) is 20.1 Å². The zero-order valence-electron chi connectivity index (χ0n) is 13.8. The van der Waals surface area contributed by atoms with Crippen molar-refractivity contribution in [1.82, 2.24) is 9.80 Å². The van der Waals surface area contributed by atoms with Gasteiger partial charge in [-0.3, -0.25) is 9.59 Å². The first-order chi connectivity index (χ1) is 11.1. The van der Waals surface area contributed by atoms with E-state index in [0.717, 1.165) is 31.5 Å². The molecule has 3 rings (SSSR count). The summed E-state index contributed by atoms with van der Waals surface area (Å²) in [4.78, 5) is 28.6. The summed E-state index contributed by atoms with van der Waals surface area (Å²) >= 11 is 0. The van der Waals surface area contributed by atoms with E-state index in [4.69, 9.17) is 4.74 Å². The predicted octanol–water partition coefficient (Wildman–Crippen LogP) is 1.84. The first kappa shape index (κ1) is 16.0. The van der Waals surface area contributed by atoms with Gasteiger partial charge in [-0.2, -0.15) is 0 Å². The summed E-state index contributed by atoms with van der Waals surface area (Å²) in [5, 5.41) is 0. The third-order valence-corrected chi connectivity index (χ3v) is 4.84. The molecular formula is C18H24N2O3. The van der Waals surface area contributed by atoms with Crippen LogP contribution in [0, 0.1) is 5.92 Å². The third-order valence-electron chi connectivity index (χ3n) is 4.84. The number of piperidine rings is 1. The minimum absolute atomic E-state index is 0.00440. The molecule has 1 aromatic carbocycles. The quantitative estimate of drug-likeness (QED) is 0.836. The molecule has 0 unspecified atom stereocenters. The van der Waals surface area contributed by atoms with E-state index in [9.17, 15) is 9.59 Å². The zero-order chi connectivity index (χ0) is 16.4. The van der Waals surface area contributed by atoms with Crippen molar-refractivity contribution in [3.63, 3.8) is 0 Å². The smallest absolute Gasteiger partial charge is 0.254 e. The summed E-state index contributed by atoms with van der Waals surface area (Å²) in [6, 6.07) is 9.31. The van der Waals surface area contributed by atoms with Crippen molar-refractivity contribution >= 4 is 11.8 Å². The van der Waals surface area contributed by atoms with Gasteiger partial charge in [-0.15, -0.1) is 0 Å². The standard InChI is InChI=1S/C18H24N2O3/c1-13-7-6-10-20(11-13)18(22)17-16(14-8-4-3-5-9-14)19(2)15(21)12-23-17/h3-5,8-9,13,16-17H,6-7,10-12H2,1-2H3/t13-,16-,17-/m1/s1. The summed E-state index contributed by atoms with van der Waals surface area (Å²) in [6.45, 7) is 3.70. The first-order valence-electron chi connectivity index (χ1n) is 8.29. The van der Waals surface area contributed by atoms with Gasteiger partial charge in [-0.05, 0) is 24.3 Å². The summed E-state index contributed by atoms with van der Waals surface area (Å²) < 4.78 is 5.70. The Morgan fingerprint density at radius 1 is 1.26 bits per heavy atom. The van der Waals surface area contributed by atoms with Gasteiger partial charge < -0.3 is 14.5 Å². The molecule has 2 aliphatic heterocycles. The highest BCUT2D eigenvalue weighted by Crippen LogP contribution is 2.31. The van der Waals surface area contributed by atoms with Gasteiger partial charge >= 0.3 is 0 Å². The highest BCUT2D eigenvalue weighted by atomic mass is 16.5. The highest BCUT2D eigenvalue weighted by Gasteiger charge is 2.42. The normalized spacial score (nSPS) is 28.8. The number of ether oxygens (including phenoxy) is 1. The van der Waals surface area contributed by atoms with Gasteiger partial charge in [0.25, 0.3) is 5.91 Å². The van der Waals surface area contributed by atoms with Gasteiger partial charge in [-0.25, -0.2) is 0 Å². The van der Waals surface area contributed by atoms with Gasteiger partial charge in [0.2, 0.25) is 5.91 Å². The number of nitrogens with zero attached hydrogens (tertiary/aromatic N) is 2. The van der Waals surface area contributed by atoms with Crippen molar-refractivity contribution in [2.75, 3.05) is 26.7 Å². The average Bonchev–Trinajstić information content (AvgIpc) is 2.57. The first-order valence-corrected chi connectivity index (χ1v) is 8.29. The maximum atomic E-state index is 13.0. The second-order valence-corrected chi connectivity index (χ2v) is 6.62. The summed E-state index contributed by atoms with van der Waals surface area (Å²) in [5.41, 5.74) is 0.937. The summed E-state index contributed by atoms with van der Waals surface area (Å²) in [7, 11) is 1.75. The molecule has 0 spiro atoms. The average molecular weight is 316 g/mol. The number of carbonyl (C=O) groups is 2. The maximum absolute atomic E-state index is 13.0. The van der Waals surface area contributed by atoms with Crippen LogP contribution >= 0.6 is 0 Å². The molecule has 3 atom stereocenters. The fraction of sp³-hybridized carbons (Fsp3) is 0.556. The second kappa shape index (κ2) is 6.71. The molecule has 0 aromatic heterocycles. The predicted molar refractivity (Wildman–Crippen MR) is 86.7 cm³/mol. The largest absolute Gasteiger partial charge is 0.356 e. The van der Waals surface area contributed by atoms with E-state index in [-0.39, 0.29) is 24.5 Å². The Morgan fingerprint density at radius 3 is 2.70 bits per heavy atom. The van der Waals surface area contributed by atoms with Gasteiger partial charge in [0.1, 0.15) is 6.61 Å². The lowest BCUT2D eigenvalue weighted by atomic mass is 9.95. The Kier molecular flexibility index (Phi) is 4.66. The van der Waals surface area contributed by atoms with Gasteiger partial charge in [0.05, 0.1) is 6.04 Å². The molecule has 5 heteroatoms. The van der Waals surface area contributed by atoms with Crippen molar-refractivity contribution in [2.45, 2.75) is 31.9 Å². The number of amides is 2. The second-order valence-electron chi connectivity index (χ2n) is 6.62. The molecule has 0 bridgehead atoms. The Balaban J connectivity index is 1.86. The zero-order valence-corrected chi connectivity index (χ0v) is 13.8. The third kappa shape index (κ3) is 3.24. The van der Waals surface area contributed by atoms with Crippen molar-refractivity contribution in [3.8, 4) is 0 Å². The number of benzene rings is 1. The molecule has 2 fully saturated rings. The van der Waals surface area contributed by atoms with E-state index in [2.05, 4.69) is 6.92 Å². The topological polar surface area (TPSA) is 49.9 Å². The van der Waals surface area contributed by atoms with Crippen LogP contribution in [-0.4, -0.2) is 54.5 Å². The van der Waals surface area contributed by atoms with Crippen LogP contribution in [0.1, 0.15) is 31.4 Å². The van der Waals surface area contributed by atoms with E-state index in [1.807, 2.05) is 35.2 Å². The minimum Gasteiger partial charge on any atom is -0.356 e. The summed E-state index contributed by atoms with van der Waals surface area (Å²) in [6.07, 6.45) is 1.57. The minimum atomic E-state index is -0.620. The SMILES string of the molecule is C[C@@H]1CCCN(C(=O)[C@@H]2OCC(=O)N(C)[C@@H]2c2ccccc2)C1. The number of carbonyl (C=O) groups excluding carboxylic acids is 2. The molecule has 5 nitrogen and oxygen atoms in total. The van der Waals surface area contributed by atoms with Crippen LogP contribution in [0.3, 0.4) is 0 Å². The number of morpholine rings is 1. The van der Waals surface area contributed by atoms with Crippen LogP contribution in [0.15, 0.2) is 30.3 Å². The van der Waals surface area contributed by atoms with Crippen molar-refractivity contribution in [2.24, 2.45) is 5.92 Å². The Hall–Kier alpha value is -1.88. The van der Waals surface area contributed by atoms with E-state index >= 15 is 0 Å². The molecule has 2 saturated heterocycles. The molecule has 2 heterocycles. The van der Waals surface area contributed by atoms with E-state index in [1.54, 1.807) is 11.9 Å². The Bertz CT molecular complexity index is 575. The Labute approximate surface area is 137 Å². The van der Waals surface area contributed by atoms with E-state index in [0.29, 0.717) is 5.92 Å². The Morgan fingerprint density at radius 2 is 2.00 bits per heavy atom. The number of likely N-dealkylation sites (tertiary alicyclic amines) is 1. The molecule has 1 aromatic rings. The molecule has 0 saturated carbocycles. The van der Waals surface area contributed by atoms with E-state index in [1.165, 1.54) is 0 Å². The van der Waals surface area contributed by atoms with Crippen molar-refractivity contribution < 1.29 is 14.3 Å². The van der Waals surface area contributed by atoms with Crippen LogP contribution in [0.4, 0.5) is 0 Å². The lowest BCUT2D eigenvalue weighted by Crippen LogP contribution is -2.55. The molecule has 0 radical (unpaired) electrons. The number of hydrogen-bond acceptors (Lipinski definition) is 3. The van der Waals surface area contributed by atoms with Crippen molar-refractivity contribution in [3.05, 3.63) is 35.9 Å². The van der Waals surface area contributed by atoms with Gasteiger partial charge in [0.15, 0.2) is 6.10 Å². The van der Waals surface area contributed by atoms with Gasteiger partial charge in [-0.1, -0.05) is 37.3 Å². The van der Waals surface area contributed by atoms with Crippen LogP contribution in [0.5, 0.6) is 0 Å². The molecule has 23 heavy (non-hydrogen) atoms. The lowest BCUT2D eigenvalue weighted by Gasteiger charge is -2.41. The van der Waals surface area contributed by atoms with Crippen molar-refractivity contribution in [1.29, 1.82) is 0 Å². The molecule has 2 aliphatic rings. The fourth-order valence-corrected chi connectivity index (χ4v) is 3.54. The maximum Gasteiger partial charge on any atom is 0.254 e. The molecule has 0 N–H and O–H groups in total. The van der Waals surface area contributed by atoms with Crippen LogP contribution in [-0.2, 0) is 14.3 Å². The fourth-order valence-electron chi connectivity index (χ4n) is 3.54. The molecule has 124 valence electrons. The highest BCUT2D eigenvalue weighted by molar-refractivity contribution is 5.86. The van der Waals surface area contributed by atoms with Crippen LogP contribution in [0.2, 0.25) is 0 Å². The summed E-state index contributed by atoms with van der Waals surface area (Å²) in [5.74, 6) is 0.436. The van der Waals surface area contributed by atoms with E-state index < -0.39 is 6.10 Å². The van der Waals surface area contributed by atoms with Crippen LogP contribution < -0.4 is 0 Å². The number of likely N-dealkylation sites (N-methyl/N-ethyl adjacent to an activating group) is 1. The molecular weight excluding hydrogens is 292 g/mol. The molecule has 0 aliphatic carbocycles. The molecule has 2 amide bonds. The van der Waals surface area contributed by atoms with Crippen LogP contribution in [0.25, 0.3) is 0 Å². The number of rotatable bonds is 2.